The first-order valence-corrected chi connectivity index (χ1v) is 9.60. The Morgan fingerprint density at radius 2 is 2.08 bits per heavy atom. The number of ether oxygens (including phenoxy) is 2. The SMILES string of the molecule is Cc1ccc(-c2cc(-c3ccnc(O[C@@H]4COC[C@@H]4O)c3)cs2)c(Cl)c1. The first kappa shape index (κ1) is 17.5. The third-order valence-corrected chi connectivity index (χ3v) is 5.61. The monoisotopic (exact) mass is 387 g/mol. The minimum Gasteiger partial charge on any atom is -0.469 e. The van der Waals surface area contributed by atoms with Gasteiger partial charge in [0.05, 0.1) is 13.2 Å². The van der Waals surface area contributed by atoms with Crippen molar-refractivity contribution in [1.82, 2.24) is 4.98 Å². The van der Waals surface area contributed by atoms with Crippen LogP contribution in [0.1, 0.15) is 5.56 Å². The van der Waals surface area contributed by atoms with E-state index < -0.39 is 6.10 Å². The van der Waals surface area contributed by atoms with E-state index in [9.17, 15) is 5.11 Å². The second kappa shape index (κ2) is 7.37. The lowest BCUT2D eigenvalue weighted by Gasteiger charge is -2.14. The normalized spacial score (nSPS) is 19.7. The van der Waals surface area contributed by atoms with E-state index in [0.29, 0.717) is 19.1 Å². The fourth-order valence-corrected chi connectivity index (χ4v) is 4.24. The molecule has 4 nitrogen and oxygen atoms in total. The maximum absolute atomic E-state index is 9.82. The number of aliphatic hydroxyl groups excluding tert-OH is 1. The molecule has 3 aromatic rings. The van der Waals surface area contributed by atoms with Crippen LogP contribution in [0.15, 0.2) is 48.0 Å². The molecule has 0 saturated carbocycles. The fraction of sp³-hybridized carbons (Fsp3) is 0.250. The van der Waals surface area contributed by atoms with Gasteiger partial charge in [0.1, 0.15) is 6.10 Å². The summed E-state index contributed by atoms with van der Waals surface area (Å²) in [6, 6.07) is 12.0. The summed E-state index contributed by atoms with van der Waals surface area (Å²) in [5, 5.41) is 12.7. The lowest BCUT2D eigenvalue weighted by Crippen LogP contribution is -2.30. The molecule has 1 N–H and O–H groups in total. The van der Waals surface area contributed by atoms with Crippen molar-refractivity contribution in [3.8, 4) is 27.4 Å². The van der Waals surface area contributed by atoms with Crippen molar-refractivity contribution in [3.63, 3.8) is 0 Å². The molecule has 2 atom stereocenters. The van der Waals surface area contributed by atoms with Gasteiger partial charge in [-0.2, -0.15) is 0 Å². The van der Waals surface area contributed by atoms with Crippen molar-refractivity contribution in [2.75, 3.05) is 13.2 Å². The first-order valence-electron chi connectivity index (χ1n) is 8.34. The molecule has 0 aliphatic carbocycles. The van der Waals surface area contributed by atoms with Crippen LogP contribution in [0, 0.1) is 6.92 Å². The molecule has 0 bridgehead atoms. The molecule has 1 aliphatic heterocycles. The summed E-state index contributed by atoms with van der Waals surface area (Å²) in [6.45, 7) is 2.71. The van der Waals surface area contributed by atoms with Crippen molar-refractivity contribution in [3.05, 3.63) is 58.6 Å². The maximum atomic E-state index is 9.82. The number of hydrogen-bond acceptors (Lipinski definition) is 5. The van der Waals surface area contributed by atoms with Crippen LogP contribution in [-0.2, 0) is 4.74 Å². The van der Waals surface area contributed by atoms with Gasteiger partial charge in [-0.15, -0.1) is 11.3 Å². The largest absolute Gasteiger partial charge is 0.469 e. The van der Waals surface area contributed by atoms with Crippen LogP contribution in [0.25, 0.3) is 21.6 Å². The molecule has 1 saturated heterocycles. The summed E-state index contributed by atoms with van der Waals surface area (Å²) in [7, 11) is 0. The third-order valence-electron chi connectivity index (χ3n) is 4.33. The van der Waals surface area contributed by atoms with Crippen molar-refractivity contribution < 1.29 is 14.6 Å². The molecule has 6 heteroatoms. The van der Waals surface area contributed by atoms with E-state index in [1.165, 1.54) is 0 Å². The molecule has 4 rings (SSSR count). The zero-order valence-corrected chi connectivity index (χ0v) is 15.8. The lowest BCUT2D eigenvalue weighted by molar-refractivity contribution is 0.0704. The highest BCUT2D eigenvalue weighted by molar-refractivity contribution is 7.14. The summed E-state index contributed by atoms with van der Waals surface area (Å²) < 4.78 is 11.0. The molecule has 0 unspecified atom stereocenters. The van der Waals surface area contributed by atoms with Crippen LogP contribution in [0.2, 0.25) is 5.02 Å². The predicted molar refractivity (Wildman–Crippen MR) is 104 cm³/mol. The van der Waals surface area contributed by atoms with Crippen molar-refractivity contribution in [2.24, 2.45) is 0 Å². The van der Waals surface area contributed by atoms with Crippen LogP contribution < -0.4 is 4.74 Å². The Kier molecular flexibility index (Phi) is 4.96. The van der Waals surface area contributed by atoms with Gasteiger partial charge in [0.15, 0.2) is 6.10 Å². The summed E-state index contributed by atoms with van der Waals surface area (Å²) >= 11 is 8.05. The lowest BCUT2D eigenvalue weighted by atomic mass is 10.1. The highest BCUT2D eigenvalue weighted by Crippen LogP contribution is 2.37. The minimum absolute atomic E-state index is 0.301. The second-order valence-corrected chi connectivity index (χ2v) is 7.65. The average molecular weight is 388 g/mol. The third kappa shape index (κ3) is 3.62. The Balaban J connectivity index is 1.58. The first-order chi connectivity index (χ1) is 12.6. The summed E-state index contributed by atoms with van der Waals surface area (Å²) in [5.74, 6) is 0.484. The van der Waals surface area contributed by atoms with E-state index in [-0.39, 0.29) is 6.10 Å². The Hall–Kier alpha value is -1.92. The van der Waals surface area contributed by atoms with Crippen LogP contribution in [-0.4, -0.2) is 35.5 Å². The number of pyridine rings is 1. The maximum Gasteiger partial charge on any atom is 0.214 e. The quantitative estimate of drug-likeness (QED) is 0.712. The Morgan fingerprint density at radius 1 is 1.19 bits per heavy atom. The topological polar surface area (TPSA) is 51.6 Å². The molecule has 0 radical (unpaired) electrons. The van der Waals surface area contributed by atoms with Gasteiger partial charge < -0.3 is 14.6 Å². The van der Waals surface area contributed by atoms with Crippen molar-refractivity contribution in [1.29, 1.82) is 0 Å². The van der Waals surface area contributed by atoms with Gasteiger partial charge in [-0.3, -0.25) is 0 Å². The average Bonchev–Trinajstić information content (AvgIpc) is 3.25. The van der Waals surface area contributed by atoms with E-state index in [2.05, 4.69) is 28.6 Å². The Morgan fingerprint density at radius 3 is 2.85 bits per heavy atom. The fourth-order valence-electron chi connectivity index (χ4n) is 2.89. The number of rotatable bonds is 4. The molecule has 0 amide bonds. The summed E-state index contributed by atoms with van der Waals surface area (Å²) in [6.07, 6.45) is 0.724. The van der Waals surface area contributed by atoms with Crippen LogP contribution in [0.5, 0.6) is 5.88 Å². The van der Waals surface area contributed by atoms with Crippen LogP contribution in [0.3, 0.4) is 0 Å². The number of thiophene rings is 1. The van der Waals surface area contributed by atoms with Gasteiger partial charge >= 0.3 is 0 Å². The highest BCUT2D eigenvalue weighted by atomic mass is 35.5. The zero-order chi connectivity index (χ0) is 18.1. The molecule has 134 valence electrons. The zero-order valence-electron chi connectivity index (χ0n) is 14.2. The van der Waals surface area contributed by atoms with Gasteiger partial charge in [0, 0.05) is 27.7 Å². The van der Waals surface area contributed by atoms with Crippen LogP contribution in [0.4, 0.5) is 0 Å². The predicted octanol–water partition coefficient (Wildman–Crippen LogP) is 4.58. The second-order valence-electron chi connectivity index (χ2n) is 6.33. The van der Waals surface area contributed by atoms with Crippen molar-refractivity contribution >= 4 is 22.9 Å². The smallest absolute Gasteiger partial charge is 0.214 e. The number of aromatic nitrogens is 1. The molecular weight excluding hydrogens is 370 g/mol. The number of halogens is 1. The van der Waals surface area contributed by atoms with Crippen LogP contribution >= 0.6 is 22.9 Å². The Bertz CT molecular complexity index is 927. The van der Waals surface area contributed by atoms with Gasteiger partial charge in [0.2, 0.25) is 5.88 Å². The minimum atomic E-state index is -0.614. The Labute approximate surface area is 161 Å². The number of aryl methyl sites for hydroxylation is 1. The van der Waals surface area contributed by atoms with Gasteiger partial charge in [-0.05, 0) is 47.2 Å². The van der Waals surface area contributed by atoms with Gasteiger partial charge in [-0.1, -0.05) is 23.7 Å². The number of hydrogen-bond donors (Lipinski definition) is 1. The van der Waals surface area contributed by atoms with Gasteiger partial charge in [0.25, 0.3) is 0 Å². The molecule has 2 aromatic heterocycles. The number of aliphatic hydroxyl groups is 1. The standard InChI is InChI=1S/C20H18ClNO3S/c1-12-2-3-15(16(21)6-12)19-7-14(11-26-19)13-4-5-22-20(8-13)25-18-10-24-9-17(18)23/h2-8,11,17-18,23H,9-10H2,1H3/t17-,18+/m0/s1. The van der Waals surface area contributed by atoms with E-state index >= 15 is 0 Å². The van der Waals surface area contributed by atoms with Gasteiger partial charge in [-0.25, -0.2) is 4.98 Å². The molecule has 1 aliphatic rings. The molecule has 1 aromatic carbocycles. The number of nitrogens with zero attached hydrogens (tertiary/aromatic N) is 1. The molecule has 1 fully saturated rings. The van der Waals surface area contributed by atoms with E-state index in [0.717, 1.165) is 32.2 Å². The molecule has 26 heavy (non-hydrogen) atoms. The highest BCUT2D eigenvalue weighted by Gasteiger charge is 2.28. The molecule has 0 spiro atoms. The summed E-state index contributed by atoms with van der Waals surface area (Å²) in [5.41, 5.74) is 4.26. The summed E-state index contributed by atoms with van der Waals surface area (Å²) in [4.78, 5) is 5.36. The van der Waals surface area contributed by atoms with E-state index in [4.69, 9.17) is 21.1 Å². The molecular formula is C20H18ClNO3S. The molecule has 3 heterocycles. The van der Waals surface area contributed by atoms with E-state index in [1.807, 2.05) is 25.1 Å². The van der Waals surface area contributed by atoms with E-state index in [1.54, 1.807) is 17.5 Å². The number of benzene rings is 1. The van der Waals surface area contributed by atoms with Crippen molar-refractivity contribution in [2.45, 2.75) is 19.1 Å².